The van der Waals surface area contributed by atoms with Crippen molar-refractivity contribution in [2.45, 2.75) is 0 Å². The number of thioether (sulfide) groups is 1. The average Bonchev–Trinajstić information content (AvgIpc) is 2.49. The van der Waals surface area contributed by atoms with E-state index in [-0.39, 0.29) is 5.69 Å². The summed E-state index contributed by atoms with van der Waals surface area (Å²) in [6.45, 7) is 0.857. The maximum atomic E-state index is 10.7. The zero-order valence-corrected chi connectivity index (χ0v) is 9.03. The number of thiazole rings is 1. The standard InChI is InChI=1S/C8H10N2O2S2/c11-8(12)6-7(14-4-10-6)9-1-5-2-13-3-5/h4-5,9H,1-3H2,(H,11,12). The van der Waals surface area contributed by atoms with Gasteiger partial charge in [0.15, 0.2) is 5.69 Å². The van der Waals surface area contributed by atoms with E-state index in [0.717, 1.165) is 6.54 Å². The first-order valence-electron chi connectivity index (χ1n) is 4.26. The van der Waals surface area contributed by atoms with Gasteiger partial charge in [-0.05, 0) is 17.4 Å². The minimum atomic E-state index is -0.961. The van der Waals surface area contributed by atoms with Gasteiger partial charge >= 0.3 is 5.97 Å². The monoisotopic (exact) mass is 230 g/mol. The minimum absolute atomic E-state index is 0.141. The number of aromatic nitrogens is 1. The lowest BCUT2D eigenvalue weighted by molar-refractivity contribution is 0.0692. The summed E-state index contributed by atoms with van der Waals surface area (Å²) in [4.78, 5) is 14.5. The van der Waals surface area contributed by atoms with Crippen LogP contribution in [0.2, 0.25) is 0 Å². The second-order valence-corrected chi connectivity index (χ2v) is 5.05. The lowest BCUT2D eigenvalue weighted by Gasteiger charge is -2.24. The van der Waals surface area contributed by atoms with Crippen LogP contribution in [-0.2, 0) is 0 Å². The van der Waals surface area contributed by atoms with Crippen LogP contribution >= 0.6 is 23.1 Å². The van der Waals surface area contributed by atoms with Crippen molar-refractivity contribution >= 4 is 34.1 Å². The second kappa shape index (κ2) is 4.18. The Balaban J connectivity index is 1.94. The van der Waals surface area contributed by atoms with Crippen LogP contribution in [0.5, 0.6) is 0 Å². The van der Waals surface area contributed by atoms with Gasteiger partial charge in [0, 0.05) is 6.54 Å². The van der Waals surface area contributed by atoms with Crippen molar-refractivity contribution in [1.29, 1.82) is 0 Å². The zero-order valence-electron chi connectivity index (χ0n) is 7.40. The summed E-state index contributed by atoms with van der Waals surface area (Å²) >= 11 is 3.27. The molecule has 6 heteroatoms. The molecule has 0 aliphatic carbocycles. The summed E-state index contributed by atoms with van der Waals surface area (Å²) in [6, 6.07) is 0. The molecule has 1 aromatic rings. The Morgan fingerprint density at radius 1 is 1.71 bits per heavy atom. The third kappa shape index (κ3) is 2.01. The maximum absolute atomic E-state index is 10.7. The number of rotatable bonds is 4. The van der Waals surface area contributed by atoms with Crippen molar-refractivity contribution in [2.75, 3.05) is 23.4 Å². The molecule has 1 aliphatic heterocycles. The van der Waals surface area contributed by atoms with Gasteiger partial charge < -0.3 is 10.4 Å². The largest absolute Gasteiger partial charge is 0.476 e. The summed E-state index contributed by atoms with van der Waals surface area (Å²) in [5.74, 6) is 2.07. The van der Waals surface area contributed by atoms with E-state index < -0.39 is 5.97 Å². The number of carboxylic acid groups (broad SMARTS) is 1. The zero-order chi connectivity index (χ0) is 9.97. The third-order valence-electron chi connectivity index (χ3n) is 2.03. The minimum Gasteiger partial charge on any atom is -0.476 e. The SMILES string of the molecule is O=C(O)c1ncsc1NCC1CSC1. The van der Waals surface area contributed by atoms with Crippen LogP contribution in [0.3, 0.4) is 0 Å². The summed E-state index contributed by atoms with van der Waals surface area (Å²) in [5, 5.41) is 12.6. The fourth-order valence-corrected chi connectivity index (χ4v) is 2.65. The quantitative estimate of drug-likeness (QED) is 0.823. The number of nitrogens with zero attached hydrogens (tertiary/aromatic N) is 1. The van der Waals surface area contributed by atoms with Gasteiger partial charge in [0.1, 0.15) is 5.00 Å². The van der Waals surface area contributed by atoms with Gasteiger partial charge in [-0.25, -0.2) is 9.78 Å². The van der Waals surface area contributed by atoms with Gasteiger partial charge in [-0.3, -0.25) is 0 Å². The van der Waals surface area contributed by atoms with Gasteiger partial charge in [0.2, 0.25) is 0 Å². The molecule has 1 aliphatic rings. The lowest BCUT2D eigenvalue weighted by Crippen LogP contribution is -2.26. The lowest BCUT2D eigenvalue weighted by atomic mass is 10.2. The number of carboxylic acids is 1. The van der Waals surface area contributed by atoms with Crippen LogP contribution < -0.4 is 5.32 Å². The molecule has 2 heterocycles. The molecule has 0 saturated carbocycles. The fourth-order valence-electron chi connectivity index (χ4n) is 1.16. The van der Waals surface area contributed by atoms with Crippen LogP contribution in [0.15, 0.2) is 5.51 Å². The van der Waals surface area contributed by atoms with E-state index in [2.05, 4.69) is 10.3 Å². The van der Waals surface area contributed by atoms with E-state index in [9.17, 15) is 4.79 Å². The van der Waals surface area contributed by atoms with Crippen LogP contribution in [0, 0.1) is 5.92 Å². The van der Waals surface area contributed by atoms with Crippen molar-refractivity contribution in [3.8, 4) is 0 Å². The maximum Gasteiger partial charge on any atom is 0.357 e. The third-order valence-corrected chi connectivity index (χ3v) is 4.23. The molecule has 1 aromatic heterocycles. The van der Waals surface area contributed by atoms with Gasteiger partial charge in [-0.15, -0.1) is 11.3 Å². The first kappa shape index (κ1) is 9.79. The molecule has 1 saturated heterocycles. The topological polar surface area (TPSA) is 62.2 Å². The molecule has 0 bridgehead atoms. The molecule has 1 fully saturated rings. The smallest absolute Gasteiger partial charge is 0.357 e. The fraction of sp³-hybridized carbons (Fsp3) is 0.500. The molecule has 0 aromatic carbocycles. The number of hydrogen-bond donors (Lipinski definition) is 2. The molecule has 0 atom stereocenters. The van der Waals surface area contributed by atoms with Crippen molar-refractivity contribution in [3.05, 3.63) is 11.2 Å². The van der Waals surface area contributed by atoms with Gasteiger partial charge in [0.05, 0.1) is 5.51 Å². The molecule has 14 heavy (non-hydrogen) atoms. The van der Waals surface area contributed by atoms with Crippen molar-refractivity contribution < 1.29 is 9.90 Å². The predicted octanol–water partition coefficient (Wildman–Crippen LogP) is 1.62. The van der Waals surface area contributed by atoms with E-state index in [4.69, 9.17) is 5.11 Å². The number of aromatic carboxylic acids is 1. The number of carbonyl (C=O) groups is 1. The molecule has 0 amide bonds. The van der Waals surface area contributed by atoms with E-state index >= 15 is 0 Å². The normalized spacial score (nSPS) is 16.3. The van der Waals surface area contributed by atoms with E-state index in [0.29, 0.717) is 10.9 Å². The molecule has 2 N–H and O–H groups in total. The number of nitrogens with one attached hydrogen (secondary N) is 1. The van der Waals surface area contributed by atoms with E-state index in [1.807, 2.05) is 11.8 Å². The Labute approximate surface area is 89.7 Å². The molecule has 4 nitrogen and oxygen atoms in total. The highest BCUT2D eigenvalue weighted by Gasteiger charge is 2.19. The number of hydrogen-bond acceptors (Lipinski definition) is 5. The summed E-state index contributed by atoms with van der Waals surface area (Å²) in [5.41, 5.74) is 1.70. The average molecular weight is 230 g/mol. The Kier molecular flexibility index (Phi) is 2.93. The Morgan fingerprint density at radius 2 is 2.50 bits per heavy atom. The number of anilines is 1. The molecule has 0 spiro atoms. The molecule has 0 radical (unpaired) electrons. The Bertz CT molecular complexity index is 336. The second-order valence-electron chi connectivity index (χ2n) is 3.12. The van der Waals surface area contributed by atoms with Crippen LogP contribution in [0.4, 0.5) is 5.00 Å². The summed E-state index contributed by atoms with van der Waals surface area (Å²) < 4.78 is 0. The van der Waals surface area contributed by atoms with E-state index in [1.165, 1.54) is 22.8 Å². The highest BCUT2D eigenvalue weighted by molar-refractivity contribution is 8.00. The molecular formula is C8H10N2O2S2. The molecule has 76 valence electrons. The molecule has 0 unspecified atom stereocenters. The van der Waals surface area contributed by atoms with Gasteiger partial charge in [0.25, 0.3) is 0 Å². The van der Waals surface area contributed by atoms with Gasteiger partial charge in [-0.1, -0.05) is 0 Å². The van der Waals surface area contributed by atoms with Gasteiger partial charge in [-0.2, -0.15) is 11.8 Å². The summed E-state index contributed by atoms with van der Waals surface area (Å²) in [7, 11) is 0. The van der Waals surface area contributed by atoms with Crippen molar-refractivity contribution in [3.63, 3.8) is 0 Å². The van der Waals surface area contributed by atoms with Crippen molar-refractivity contribution in [1.82, 2.24) is 4.98 Å². The van der Waals surface area contributed by atoms with E-state index in [1.54, 1.807) is 5.51 Å². The Morgan fingerprint density at radius 3 is 3.07 bits per heavy atom. The van der Waals surface area contributed by atoms with Crippen LogP contribution in [-0.4, -0.2) is 34.1 Å². The first-order valence-corrected chi connectivity index (χ1v) is 6.29. The Hall–Kier alpha value is -0.750. The first-order chi connectivity index (χ1) is 6.77. The van der Waals surface area contributed by atoms with Crippen LogP contribution in [0.25, 0.3) is 0 Å². The molecule has 2 rings (SSSR count). The predicted molar refractivity (Wildman–Crippen MR) is 58.4 cm³/mol. The highest BCUT2D eigenvalue weighted by atomic mass is 32.2. The van der Waals surface area contributed by atoms with Crippen LogP contribution in [0.1, 0.15) is 10.5 Å². The van der Waals surface area contributed by atoms with Crippen molar-refractivity contribution in [2.24, 2.45) is 5.92 Å². The molecular weight excluding hydrogens is 220 g/mol. The summed E-state index contributed by atoms with van der Waals surface area (Å²) in [6.07, 6.45) is 0. The highest BCUT2D eigenvalue weighted by Crippen LogP contribution is 2.26.